The Morgan fingerprint density at radius 1 is 1.17 bits per heavy atom. The number of nitrogen functional groups attached to an aromatic ring is 1. The van der Waals surface area contributed by atoms with Crippen LogP contribution in [0.25, 0.3) is 0 Å². The molecule has 0 amide bonds. The molecule has 0 fully saturated rings. The lowest BCUT2D eigenvalue weighted by atomic mass is 10.1. The Balaban J connectivity index is 0.000000561. The van der Waals surface area contributed by atoms with Crippen LogP contribution in [-0.4, -0.2) is 0 Å². The van der Waals surface area contributed by atoms with Crippen molar-refractivity contribution in [3.05, 3.63) is 29.1 Å². The maximum Gasteiger partial charge on any atom is 0.128 e. The van der Waals surface area contributed by atoms with Gasteiger partial charge in [-0.15, -0.1) is 0 Å². The number of nitrogens with two attached hydrogens (primary N) is 1. The number of rotatable bonds is 0. The second-order valence-electron chi connectivity index (χ2n) is 2.44. The van der Waals surface area contributed by atoms with E-state index in [1.807, 2.05) is 20.8 Å². The van der Waals surface area contributed by atoms with Gasteiger partial charge in [-0.2, -0.15) is 0 Å². The Morgan fingerprint density at radius 2 is 1.67 bits per heavy atom. The van der Waals surface area contributed by atoms with Crippen LogP contribution >= 0.6 is 0 Å². The second-order valence-corrected chi connectivity index (χ2v) is 2.44. The quantitative estimate of drug-likeness (QED) is 0.593. The molecule has 0 saturated heterocycles. The minimum Gasteiger partial charge on any atom is -0.399 e. The number of hydrogen-bond donors (Lipinski definition) is 1. The highest BCUT2D eigenvalue weighted by atomic mass is 19.1. The summed E-state index contributed by atoms with van der Waals surface area (Å²) in [6.45, 7) is 7.58. The smallest absolute Gasteiger partial charge is 0.128 e. The van der Waals surface area contributed by atoms with E-state index >= 15 is 0 Å². The fraction of sp³-hybridized carbons (Fsp3) is 0.400. The number of halogens is 1. The van der Waals surface area contributed by atoms with Crippen LogP contribution in [0.3, 0.4) is 0 Å². The molecule has 0 bridgehead atoms. The molecular formula is C10H16FN. The van der Waals surface area contributed by atoms with Crippen molar-refractivity contribution in [2.75, 3.05) is 5.73 Å². The molecule has 0 aromatic heterocycles. The van der Waals surface area contributed by atoms with Crippen LogP contribution in [-0.2, 0) is 0 Å². The van der Waals surface area contributed by atoms with Gasteiger partial charge in [0.1, 0.15) is 5.82 Å². The van der Waals surface area contributed by atoms with Gasteiger partial charge < -0.3 is 5.73 Å². The van der Waals surface area contributed by atoms with Crippen LogP contribution in [0.2, 0.25) is 0 Å². The van der Waals surface area contributed by atoms with E-state index in [2.05, 4.69) is 0 Å². The number of benzene rings is 1. The molecular weight excluding hydrogens is 153 g/mol. The standard InChI is InChI=1S/C8H10FN.C2H6/c1-5-3-7(10)4-8(9)6(5)2;1-2/h3-4H,10H2,1-2H3;1-2H3. The average molecular weight is 169 g/mol. The largest absolute Gasteiger partial charge is 0.399 e. The molecule has 68 valence electrons. The van der Waals surface area contributed by atoms with Crippen molar-refractivity contribution in [3.8, 4) is 0 Å². The molecule has 0 aliphatic rings. The van der Waals surface area contributed by atoms with Crippen molar-refractivity contribution in [2.45, 2.75) is 27.7 Å². The van der Waals surface area contributed by atoms with E-state index in [0.717, 1.165) is 5.56 Å². The maximum atomic E-state index is 12.8. The summed E-state index contributed by atoms with van der Waals surface area (Å²) in [4.78, 5) is 0. The van der Waals surface area contributed by atoms with Crippen molar-refractivity contribution in [2.24, 2.45) is 0 Å². The molecule has 1 nitrogen and oxygen atoms in total. The van der Waals surface area contributed by atoms with Crippen LogP contribution in [0.15, 0.2) is 12.1 Å². The van der Waals surface area contributed by atoms with Crippen LogP contribution in [0.1, 0.15) is 25.0 Å². The predicted molar refractivity (Wildman–Crippen MR) is 51.6 cm³/mol. The van der Waals surface area contributed by atoms with Gasteiger partial charge in [-0.3, -0.25) is 0 Å². The lowest BCUT2D eigenvalue weighted by molar-refractivity contribution is 0.617. The third-order valence-corrected chi connectivity index (χ3v) is 1.63. The van der Waals surface area contributed by atoms with Crippen molar-refractivity contribution in [1.29, 1.82) is 0 Å². The predicted octanol–water partition coefficient (Wildman–Crippen LogP) is 3.05. The molecule has 2 heteroatoms. The fourth-order valence-corrected chi connectivity index (χ4v) is 0.843. The van der Waals surface area contributed by atoms with Crippen molar-refractivity contribution in [3.63, 3.8) is 0 Å². The highest BCUT2D eigenvalue weighted by Crippen LogP contribution is 2.15. The van der Waals surface area contributed by atoms with Crippen LogP contribution in [0.4, 0.5) is 10.1 Å². The molecule has 0 spiro atoms. The Kier molecular flexibility index (Phi) is 4.34. The van der Waals surface area contributed by atoms with Gasteiger partial charge in [0.15, 0.2) is 0 Å². The third kappa shape index (κ3) is 2.53. The van der Waals surface area contributed by atoms with E-state index in [4.69, 9.17) is 5.73 Å². The molecule has 0 heterocycles. The summed E-state index contributed by atoms with van der Waals surface area (Å²) < 4.78 is 12.8. The van der Waals surface area contributed by atoms with Gasteiger partial charge >= 0.3 is 0 Å². The van der Waals surface area contributed by atoms with Gasteiger partial charge in [-0.1, -0.05) is 13.8 Å². The topological polar surface area (TPSA) is 26.0 Å². The van der Waals surface area contributed by atoms with E-state index in [1.54, 1.807) is 13.0 Å². The monoisotopic (exact) mass is 169 g/mol. The molecule has 2 N–H and O–H groups in total. The highest BCUT2D eigenvalue weighted by Gasteiger charge is 2.00. The molecule has 0 saturated carbocycles. The summed E-state index contributed by atoms with van der Waals surface area (Å²) >= 11 is 0. The lowest BCUT2D eigenvalue weighted by Crippen LogP contribution is -1.91. The zero-order valence-electron chi connectivity index (χ0n) is 8.11. The van der Waals surface area contributed by atoms with Gasteiger partial charge in [0.25, 0.3) is 0 Å². The van der Waals surface area contributed by atoms with Crippen LogP contribution in [0.5, 0.6) is 0 Å². The van der Waals surface area contributed by atoms with Crippen molar-refractivity contribution >= 4 is 5.69 Å². The Labute approximate surface area is 73.4 Å². The highest BCUT2D eigenvalue weighted by molar-refractivity contribution is 5.44. The molecule has 0 aliphatic carbocycles. The summed E-state index contributed by atoms with van der Waals surface area (Å²) in [6, 6.07) is 3.10. The summed E-state index contributed by atoms with van der Waals surface area (Å²) in [6.07, 6.45) is 0. The Hall–Kier alpha value is -1.05. The first-order chi connectivity index (χ1) is 5.61. The normalized spacial score (nSPS) is 8.75. The first-order valence-corrected chi connectivity index (χ1v) is 4.13. The first-order valence-electron chi connectivity index (χ1n) is 4.13. The van der Waals surface area contributed by atoms with Gasteiger partial charge in [-0.05, 0) is 37.1 Å². The van der Waals surface area contributed by atoms with Crippen LogP contribution in [0, 0.1) is 19.7 Å². The van der Waals surface area contributed by atoms with Gasteiger partial charge in [0, 0.05) is 5.69 Å². The van der Waals surface area contributed by atoms with Gasteiger partial charge in [-0.25, -0.2) is 4.39 Å². The van der Waals surface area contributed by atoms with E-state index in [9.17, 15) is 4.39 Å². The molecule has 0 unspecified atom stereocenters. The van der Waals surface area contributed by atoms with Crippen LogP contribution < -0.4 is 5.73 Å². The number of aryl methyl sites for hydroxylation is 1. The maximum absolute atomic E-state index is 12.8. The first kappa shape index (κ1) is 11.0. The summed E-state index contributed by atoms with van der Waals surface area (Å²) in [5, 5.41) is 0. The molecule has 1 aromatic rings. The van der Waals surface area contributed by atoms with E-state index in [-0.39, 0.29) is 5.82 Å². The summed E-state index contributed by atoms with van der Waals surface area (Å²) in [5.74, 6) is -0.225. The Morgan fingerprint density at radius 3 is 2.08 bits per heavy atom. The molecule has 12 heavy (non-hydrogen) atoms. The Bertz CT molecular complexity index is 233. The summed E-state index contributed by atoms with van der Waals surface area (Å²) in [7, 11) is 0. The van der Waals surface area contributed by atoms with E-state index in [1.165, 1.54) is 6.07 Å². The molecule has 0 radical (unpaired) electrons. The van der Waals surface area contributed by atoms with Crippen molar-refractivity contribution < 1.29 is 4.39 Å². The molecule has 0 aliphatic heterocycles. The van der Waals surface area contributed by atoms with Crippen molar-refractivity contribution in [1.82, 2.24) is 0 Å². The molecule has 1 aromatic carbocycles. The fourth-order valence-electron chi connectivity index (χ4n) is 0.843. The molecule has 0 atom stereocenters. The zero-order chi connectivity index (χ0) is 9.72. The minimum atomic E-state index is -0.225. The van der Waals surface area contributed by atoms with E-state index < -0.39 is 0 Å². The van der Waals surface area contributed by atoms with Gasteiger partial charge in [0.05, 0.1) is 0 Å². The number of anilines is 1. The average Bonchev–Trinajstić information content (AvgIpc) is 2.04. The minimum absolute atomic E-state index is 0.225. The van der Waals surface area contributed by atoms with Gasteiger partial charge in [0.2, 0.25) is 0 Å². The lowest BCUT2D eigenvalue weighted by Gasteiger charge is -2.01. The third-order valence-electron chi connectivity index (χ3n) is 1.63. The number of hydrogen-bond acceptors (Lipinski definition) is 1. The summed E-state index contributed by atoms with van der Waals surface area (Å²) in [5.41, 5.74) is 7.45. The van der Waals surface area contributed by atoms with E-state index in [0.29, 0.717) is 11.3 Å². The SMILES string of the molecule is CC.Cc1cc(N)cc(F)c1C. The molecule has 1 rings (SSSR count). The second kappa shape index (κ2) is 4.75. The zero-order valence-corrected chi connectivity index (χ0v) is 8.11.